The predicted octanol–water partition coefficient (Wildman–Crippen LogP) is 5.02. The maximum Gasteiger partial charge on any atom is 0.272 e. The summed E-state index contributed by atoms with van der Waals surface area (Å²) < 4.78 is 21.0. The van der Waals surface area contributed by atoms with Crippen LogP contribution in [-0.4, -0.2) is 20.7 Å². The van der Waals surface area contributed by atoms with Gasteiger partial charge in [0, 0.05) is 30.1 Å². The molecule has 0 bridgehead atoms. The van der Waals surface area contributed by atoms with E-state index >= 15 is 0 Å². The fraction of sp³-hybridized carbons (Fsp3) is 0.348. The van der Waals surface area contributed by atoms with Crippen molar-refractivity contribution >= 4 is 5.91 Å². The third-order valence-corrected chi connectivity index (χ3v) is 4.50. The van der Waals surface area contributed by atoms with Crippen LogP contribution in [0.1, 0.15) is 62.3 Å². The molecule has 0 unspecified atom stereocenters. The van der Waals surface area contributed by atoms with E-state index in [9.17, 15) is 9.18 Å². The highest BCUT2D eigenvalue weighted by Crippen LogP contribution is 2.25. The number of aromatic nitrogens is 3. The van der Waals surface area contributed by atoms with Gasteiger partial charge in [0.2, 0.25) is 5.88 Å². The third-order valence-electron chi connectivity index (χ3n) is 4.50. The molecule has 2 aromatic heterocycles. The van der Waals surface area contributed by atoms with Gasteiger partial charge in [0.05, 0.1) is 5.54 Å². The lowest BCUT2D eigenvalue weighted by Gasteiger charge is -2.23. The summed E-state index contributed by atoms with van der Waals surface area (Å²) in [5, 5.41) is 7.41. The largest absolute Gasteiger partial charge is 0.439 e. The lowest BCUT2D eigenvalue weighted by atomic mass is 10.1. The van der Waals surface area contributed by atoms with Gasteiger partial charge in [-0.05, 0) is 51.0 Å². The smallest absolute Gasteiger partial charge is 0.272 e. The summed E-state index contributed by atoms with van der Waals surface area (Å²) in [6.07, 6.45) is 1.58. The Balaban J connectivity index is 1.76. The Morgan fingerprint density at radius 1 is 1.20 bits per heavy atom. The number of pyridine rings is 1. The van der Waals surface area contributed by atoms with Crippen molar-refractivity contribution in [3.63, 3.8) is 0 Å². The van der Waals surface area contributed by atoms with E-state index in [1.807, 2.05) is 10.7 Å². The molecular weight excluding hydrogens is 383 g/mol. The van der Waals surface area contributed by atoms with Crippen LogP contribution in [0, 0.1) is 5.82 Å². The molecule has 2 heterocycles. The van der Waals surface area contributed by atoms with Gasteiger partial charge < -0.3 is 10.1 Å². The van der Waals surface area contributed by atoms with Gasteiger partial charge in [-0.3, -0.25) is 9.48 Å². The van der Waals surface area contributed by atoms with E-state index in [2.05, 4.69) is 50.0 Å². The molecule has 1 N–H and O–H groups in total. The number of halogens is 1. The number of ether oxygens (including phenoxy) is 1. The van der Waals surface area contributed by atoms with Gasteiger partial charge in [-0.25, -0.2) is 9.37 Å². The van der Waals surface area contributed by atoms with Crippen LogP contribution in [0.2, 0.25) is 0 Å². The van der Waals surface area contributed by atoms with Crippen molar-refractivity contribution in [3.05, 3.63) is 71.4 Å². The van der Waals surface area contributed by atoms with Crippen molar-refractivity contribution in [1.82, 2.24) is 20.1 Å². The highest BCUT2D eigenvalue weighted by atomic mass is 19.1. The van der Waals surface area contributed by atoms with Crippen LogP contribution in [0.4, 0.5) is 4.39 Å². The number of nitrogens with one attached hydrogen (secondary N) is 1. The van der Waals surface area contributed by atoms with Crippen molar-refractivity contribution in [2.75, 3.05) is 0 Å². The topological polar surface area (TPSA) is 69.0 Å². The van der Waals surface area contributed by atoms with E-state index in [4.69, 9.17) is 4.74 Å². The summed E-state index contributed by atoms with van der Waals surface area (Å²) in [6.45, 7) is 10.5. The number of hydrogen-bond acceptors (Lipinski definition) is 4. The van der Waals surface area contributed by atoms with Gasteiger partial charge in [-0.15, -0.1) is 0 Å². The zero-order valence-corrected chi connectivity index (χ0v) is 17.9. The van der Waals surface area contributed by atoms with Gasteiger partial charge in [0.25, 0.3) is 5.91 Å². The summed E-state index contributed by atoms with van der Waals surface area (Å²) in [6, 6.07) is 11.2. The van der Waals surface area contributed by atoms with Crippen LogP contribution in [0.3, 0.4) is 0 Å². The number of carbonyl (C=O) groups excluding carboxylic acids is 1. The van der Waals surface area contributed by atoms with Crippen LogP contribution < -0.4 is 10.1 Å². The van der Waals surface area contributed by atoms with Crippen molar-refractivity contribution < 1.29 is 13.9 Å². The second-order valence-electron chi connectivity index (χ2n) is 8.40. The maximum atomic E-state index is 13.4. The molecule has 6 nitrogen and oxygen atoms in total. The van der Waals surface area contributed by atoms with E-state index in [0.29, 0.717) is 22.9 Å². The summed E-state index contributed by atoms with van der Waals surface area (Å²) in [7, 11) is 0. The normalized spacial score (nSPS) is 11.6. The highest BCUT2D eigenvalue weighted by molar-refractivity contribution is 5.92. The number of hydrogen-bond donors (Lipinski definition) is 1. The summed E-state index contributed by atoms with van der Waals surface area (Å²) in [5.41, 5.74) is 1.82. The van der Waals surface area contributed by atoms with Gasteiger partial charge in [0.1, 0.15) is 17.3 Å². The molecule has 30 heavy (non-hydrogen) atoms. The van der Waals surface area contributed by atoms with Gasteiger partial charge in [-0.2, -0.15) is 5.10 Å². The van der Waals surface area contributed by atoms with E-state index in [-0.39, 0.29) is 23.9 Å². The first-order chi connectivity index (χ1) is 14.1. The number of amides is 1. The summed E-state index contributed by atoms with van der Waals surface area (Å²) in [4.78, 5) is 17.0. The van der Waals surface area contributed by atoms with Crippen LogP contribution >= 0.6 is 0 Å². The number of benzene rings is 1. The molecule has 1 aromatic carbocycles. The number of carbonyl (C=O) groups is 1. The fourth-order valence-electron chi connectivity index (χ4n) is 3.01. The molecule has 0 fully saturated rings. The average Bonchev–Trinajstić information content (AvgIpc) is 3.14. The van der Waals surface area contributed by atoms with Crippen LogP contribution in [0.25, 0.3) is 0 Å². The molecule has 0 radical (unpaired) electrons. The van der Waals surface area contributed by atoms with Crippen LogP contribution in [0.15, 0.2) is 48.7 Å². The highest BCUT2D eigenvalue weighted by Gasteiger charge is 2.23. The Kier molecular flexibility index (Phi) is 6.20. The molecule has 0 atom stereocenters. The second kappa shape index (κ2) is 8.65. The van der Waals surface area contributed by atoms with Crippen molar-refractivity contribution in [2.24, 2.45) is 0 Å². The Morgan fingerprint density at radius 3 is 2.60 bits per heavy atom. The zero-order chi connectivity index (χ0) is 21.9. The standard InChI is InChI=1S/C23H27FN4O2/c1-15(2)20-13-19(27-28(20)23(3,4)5)21(29)26-14-16-8-7-11-25-22(16)30-18-10-6-9-17(24)12-18/h6-13,15H,14H2,1-5H3,(H,26,29). The maximum absolute atomic E-state index is 13.4. The lowest BCUT2D eigenvalue weighted by Crippen LogP contribution is -2.27. The lowest BCUT2D eigenvalue weighted by molar-refractivity contribution is 0.0944. The van der Waals surface area contributed by atoms with E-state index < -0.39 is 5.82 Å². The summed E-state index contributed by atoms with van der Waals surface area (Å²) in [5.74, 6) is 0.218. The monoisotopic (exact) mass is 410 g/mol. The first kappa shape index (κ1) is 21.5. The fourth-order valence-corrected chi connectivity index (χ4v) is 3.01. The molecular formula is C23H27FN4O2. The minimum Gasteiger partial charge on any atom is -0.439 e. The van der Waals surface area contributed by atoms with Gasteiger partial charge in [0.15, 0.2) is 0 Å². The minimum atomic E-state index is -0.395. The van der Waals surface area contributed by atoms with E-state index in [1.165, 1.54) is 12.1 Å². The van der Waals surface area contributed by atoms with Crippen molar-refractivity contribution in [3.8, 4) is 11.6 Å². The first-order valence-corrected chi connectivity index (χ1v) is 9.91. The van der Waals surface area contributed by atoms with Crippen molar-refractivity contribution in [1.29, 1.82) is 0 Å². The van der Waals surface area contributed by atoms with Gasteiger partial charge >= 0.3 is 0 Å². The Hall–Kier alpha value is -3.22. The molecule has 0 aliphatic rings. The van der Waals surface area contributed by atoms with E-state index in [0.717, 1.165) is 5.69 Å². The molecule has 3 aromatic rings. The third kappa shape index (κ3) is 5.03. The Morgan fingerprint density at radius 2 is 1.97 bits per heavy atom. The zero-order valence-electron chi connectivity index (χ0n) is 17.9. The molecule has 0 saturated carbocycles. The average molecular weight is 410 g/mol. The summed E-state index contributed by atoms with van der Waals surface area (Å²) >= 11 is 0. The van der Waals surface area contributed by atoms with Crippen molar-refractivity contribution in [2.45, 2.75) is 52.6 Å². The molecule has 3 rings (SSSR count). The molecule has 0 spiro atoms. The molecule has 158 valence electrons. The molecule has 0 saturated heterocycles. The molecule has 0 aliphatic heterocycles. The molecule has 7 heteroatoms. The first-order valence-electron chi connectivity index (χ1n) is 9.91. The van der Waals surface area contributed by atoms with E-state index in [1.54, 1.807) is 30.5 Å². The number of rotatable bonds is 6. The number of nitrogens with zero attached hydrogens (tertiary/aromatic N) is 3. The van der Waals surface area contributed by atoms with Crippen LogP contribution in [-0.2, 0) is 12.1 Å². The molecule has 0 aliphatic carbocycles. The van der Waals surface area contributed by atoms with Crippen LogP contribution in [0.5, 0.6) is 11.6 Å². The quantitative estimate of drug-likeness (QED) is 0.620. The predicted molar refractivity (Wildman–Crippen MR) is 113 cm³/mol. The Bertz CT molecular complexity index is 1040. The van der Waals surface area contributed by atoms with Gasteiger partial charge in [-0.1, -0.05) is 26.0 Å². The SMILES string of the molecule is CC(C)c1cc(C(=O)NCc2cccnc2Oc2cccc(F)c2)nn1C(C)(C)C. The minimum absolute atomic E-state index is 0.205. The Labute approximate surface area is 176 Å². The molecule has 1 amide bonds. The second-order valence-corrected chi connectivity index (χ2v) is 8.40.